The average Bonchev–Trinajstić information content (AvgIpc) is 2.26. The van der Waals surface area contributed by atoms with Gasteiger partial charge in [-0.2, -0.15) is 0 Å². The largest absolute Gasteiger partial charge is 0.477 e. The highest BCUT2D eigenvalue weighted by molar-refractivity contribution is 9.10. The maximum absolute atomic E-state index is 5.78. The van der Waals surface area contributed by atoms with Crippen LogP contribution in [-0.4, -0.2) is 25.3 Å². The van der Waals surface area contributed by atoms with E-state index in [1.165, 1.54) is 0 Å². The van der Waals surface area contributed by atoms with Crippen LogP contribution < -0.4 is 4.74 Å². The number of pyridine rings is 1. The number of halogens is 2. The Morgan fingerprint density at radius 2 is 2.27 bits per heavy atom. The van der Waals surface area contributed by atoms with E-state index in [4.69, 9.17) is 21.1 Å². The molecule has 0 unspecified atom stereocenters. The highest BCUT2D eigenvalue weighted by Gasteiger charge is 2.04. The van der Waals surface area contributed by atoms with Crippen molar-refractivity contribution in [1.82, 2.24) is 4.98 Å². The summed E-state index contributed by atoms with van der Waals surface area (Å²) in [5, 5.41) is 0. The molecule has 0 aliphatic carbocycles. The van der Waals surface area contributed by atoms with Gasteiger partial charge in [0.25, 0.3) is 0 Å². The van der Waals surface area contributed by atoms with Gasteiger partial charge in [0.2, 0.25) is 5.88 Å². The third-order valence-electron chi connectivity index (χ3n) is 1.77. The van der Waals surface area contributed by atoms with Crippen LogP contribution in [0.5, 0.6) is 5.88 Å². The Labute approximate surface area is 103 Å². The molecule has 0 aliphatic rings. The predicted octanol–water partition coefficient (Wildman–Crippen LogP) is 3.00. The summed E-state index contributed by atoms with van der Waals surface area (Å²) in [7, 11) is 1.67. The Morgan fingerprint density at radius 1 is 1.47 bits per heavy atom. The molecular formula is C10H13BrClNO2. The molecule has 5 heteroatoms. The third-order valence-corrected chi connectivity index (χ3v) is 2.49. The molecule has 0 atom stereocenters. The van der Waals surface area contributed by atoms with Gasteiger partial charge in [-0.25, -0.2) is 4.98 Å². The summed E-state index contributed by atoms with van der Waals surface area (Å²) in [4.78, 5) is 4.15. The lowest BCUT2D eigenvalue weighted by Crippen LogP contribution is -2.04. The van der Waals surface area contributed by atoms with E-state index in [9.17, 15) is 0 Å². The van der Waals surface area contributed by atoms with Crippen molar-refractivity contribution in [3.63, 3.8) is 0 Å². The molecule has 0 spiro atoms. The SMILES string of the molecule is COCCCOc1ncc(Br)cc1CCl. The zero-order chi connectivity index (χ0) is 11.1. The number of rotatable bonds is 6. The minimum atomic E-state index is 0.395. The van der Waals surface area contributed by atoms with E-state index in [0.29, 0.717) is 25.0 Å². The molecule has 0 fully saturated rings. The summed E-state index contributed by atoms with van der Waals surface area (Å²) in [5.41, 5.74) is 0.892. The maximum atomic E-state index is 5.78. The maximum Gasteiger partial charge on any atom is 0.217 e. The number of hydrogen-bond donors (Lipinski definition) is 0. The Balaban J connectivity index is 2.52. The van der Waals surface area contributed by atoms with Crippen molar-refractivity contribution >= 4 is 27.5 Å². The lowest BCUT2D eigenvalue weighted by molar-refractivity contribution is 0.170. The summed E-state index contributed by atoms with van der Waals surface area (Å²) in [5.74, 6) is 0.996. The predicted molar refractivity (Wildman–Crippen MR) is 63.5 cm³/mol. The minimum Gasteiger partial charge on any atom is -0.477 e. The number of methoxy groups -OCH3 is 1. The molecule has 1 heterocycles. The molecule has 15 heavy (non-hydrogen) atoms. The van der Waals surface area contributed by atoms with Gasteiger partial charge in [-0.1, -0.05) is 0 Å². The van der Waals surface area contributed by atoms with Crippen molar-refractivity contribution in [2.45, 2.75) is 12.3 Å². The van der Waals surface area contributed by atoms with Gasteiger partial charge in [0.1, 0.15) is 0 Å². The van der Waals surface area contributed by atoms with Crippen molar-refractivity contribution in [2.75, 3.05) is 20.3 Å². The van der Waals surface area contributed by atoms with Gasteiger partial charge in [0.05, 0.1) is 12.5 Å². The number of hydrogen-bond acceptors (Lipinski definition) is 3. The first-order valence-electron chi connectivity index (χ1n) is 4.60. The number of alkyl halides is 1. The standard InChI is InChI=1S/C10H13BrClNO2/c1-14-3-2-4-15-10-8(6-12)5-9(11)7-13-10/h5,7H,2-4,6H2,1H3. The first-order valence-corrected chi connectivity index (χ1v) is 5.92. The van der Waals surface area contributed by atoms with E-state index in [2.05, 4.69) is 20.9 Å². The topological polar surface area (TPSA) is 31.4 Å². The summed E-state index contributed by atoms with van der Waals surface area (Å²) >= 11 is 9.11. The Kier molecular flexibility index (Phi) is 5.98. The first-order chi connectivity index (χ1) is 7.27. The highest BCUT2D eigenvalue weighted by Crippen LogP contribution is 2.21. The zero-order valence-corrected chi connectivity index (χ0v) is 10.8. The molecule has 0 saturated heterocycles. The second-order valence-corrected chi connectivity index (χ2v) is 4.13. The van der Waals surface area contributed by atoms with E-state index >= 15 is 0 Å². The van der Waals surface area contributed by atoms with Crippen LogP contribution in [0.25, 0.3) is 0 Å². The number of ether oxygens (including phenoxy) is 2. The molecule has 0 aliphatic heterocycles. The van der Waals surface area contributed by atoms with Crippen molar-refractivity contribution in [3.8, 4) is 5.88 Å². The molecular weight excluding hydrogens is 281 g/mol. The highest BCUT2D eigenvalue weighted by atomic mass is 79.9. The van der Waals surface area contributed by atoms with E-state index in [-0.39, 0.29) is 0 Å². The van der Waals surface area contributed by atoms with E-state index in [1.807, 2.05) is 6.07 Å². The lowest BCUT2D eigenvalue weighted by atomic mass is 10.3. The molecule has 0 aromatic carbocycles. The molecule has 0 bridgehead atoms. The normalized spacial score (nSPS) is 10.3. The Bertz CT molecular complexity index is 309. The van der Waals surface area contributed by atoms with Crippen LogP contribution in [0.4, 0.5) is 0 Å². The second-order valence-electron chi connectivity index (χ2n) is 2.95. The van der Waals surface area contributed by atoms with Crippen LogP contribution in [0.2, 0.25) is 0 Å². The molecule has 0 N–H and O–H groups in total. The van der Waals surface area contributed by atoms with E-state index in [1.54, 1.807) is 13.3 Å². The van der Waals surface area contributed by atoms with Crippen molar-refractivity contribution in [3.05, 3.63) is 22.3 Å². The van der Waals surface area contributed by atoms with Crippen molar-refractivity contribution in [1.29, 1.82) is 0 Å². The summed E-state index contributed by atoms with van der Waals surface area (Å²) in [6.45, 7) is 1.28. The Morgan fingerprint density at radius 3 is 2.93 bits per heavy atom. The Hall–Kier alpha value is -0.320. The van der Waals surface area contributed by atoms with Gasteiger partial charge in [0, 0.05) is 36.4 Å². The van der Waals surface area contributed by atoms with E-state index in [0.717, 1.165) is 16.5 Å². The van der Waals surface area contributed by atoms with Crippen molar-refractivity contribution in [2.24, 2.45) is 0 Å². The lowest BCUT2D eigenvalue weighted by Gasteiger charge is -2.08. The van der Waals surface area contributed by atoms with E-state index < -0.39 is 0 Å². The molecule has 1 rings (SSSR count). The van der Waals surface area contributed by atoms with Gasteiger partial charge in [-0.3, -0.25) is 0 Å². The minimum absolute atomic E-state index is 0.395. The van der Waals surface area contributed by atoms with Gasteiger partial charge in [0.15, 0.2) is 0 Å². The van der Waals surface area contributed by atoms with Gasteiger partial charge >= 0.3 is 0 Å². The second kappa shape index (κ2) is 7.04. The molecule has 0 saturated carbocycles. The summed E-state index contributed by atoms with van der Waals surface area (Å²) < 4.78 is 11.3. The quantitative estimate of drug-likeness (QED) is 0.597. The molecule has 1 aromatic heterocycles. The molecule has 0 radical (unpaired) electrons. The number of nitrogens with zero attached hydrogens (tertiary/aromatic N) is 1. The molecule has 0 amide bonds. The number of aromatic nitrogens is 1. The first kappa shape index (κ1) is 12.7. The third kappa shape index (κ3) is 4.36. The van der Waals surface area contributed by atoms with Gasteiger partial charge < -0.3 is 9.47 Å². The van der Waals surface area contributed by atoms with Gasteiger partial charge in [-0.15, -0.1) is 11.6 Å². The average molecular weight is 295 g/mol. The smallest absolute Gasteiger partial charge is 0.217 e. The summed E-state index contributed by atoms with van der Waals surface area (Å²) in [6, 6.07) is 1.91. The van der Waals surface area contributed by atoms with Gasteiger partial charge in [-0.05, 0) is 22.0 Å². The van der Waals surface area contributed by atoms with Crippen LogP contribution in [-0.2, 0) is 10.6 Å². The van der Waals surface area contributed by atoms with Crippen molar-refractivity contribution < 1.29 is 9.47 Å². The van der Waals surface area contributed by atoms with Crippen LogP contribution in [0.3, 0.4) is 0 Å². The fourth-order valence-corrected chi connectivity index (χ4v) is 1.64. The van der Waals surface area contributed by atoms with Crippen LogP contribution in [0.15, 0.2) is 16.7 Å². The molecule has 1 aromatic rings. The fourth-order valence-electron chi connectivity index (χ4n) is 1.07. The van der Waals surface area contributed by atoms with Crippen LogP contribution in [0.1, 0.15) is 12.0 Å². The van der Waals surface area contributed by atoms with Crippen LogP contribution >= 0.6 is 27.5 Å². The monoisotopic (exact) mass is 293 g/mol. The zero-order valence-electron chi connectivity index (χ0n) is 8.50. The molecule has 84 valence electrons. The fraction of sp³-hybridized carbons (Fsp3) is 0.500. The molecule has 3 nitrogen and oxygen atoms in total. The summed E-state index contributed by atoms with van der Waals surface area (Å²) in [6.07, 6.45) is 2.54. The van der Waals surface area contributed by atoms with Crippen LogP contribution in [0, 0.1) is 0 Å².